The minimum absolute atomic E-state index is 0. The van der Waals surface area contributed by atoms with Crippen molar-refractivity contribution in [3.05, 3.63) is 75.2 Å². The average Bonchev–Trinajstić information content (AvgIpc) is 3.21. The number of pyridine rings is 1. The first-order valence-electron chi connectivity index (χ1n) is 11.2. The van der Waals surface area contributed by atoms with Gasteiger partial charge in [0.1, 0.15) is 22.7 Å². The van der Waals surface area contributed by atoms with Crippen LogP contribution in [-0.2, 0) is 4.79 Å². The maximum absolute atomic E-state index is 13.6. The predicted molar refractivity (Wildman–Crippen MR) is 136 cm³/mol. The summed E-state index contributed by atoms with van der Waals surface area (Å²) in [6.07, 6.45) is 3.18. The van der Waals surface area contributed by atoms with E-state index in [1.807, 2.05) is 47.0 Å². The summed E-state index contributed by atoms with van der Waals surface area (Å²) >= 11 is 6.53. The second-order valence-electron chi connectivity index (χ2n) is 8.69. The van der Waals surface area contributed by atoms with Crippen LogP contribution in [0.3, 0.4) is 0 Å². The topological polar surface area (TPSA) is 103 Å². The molecule has 34 heavy (non-hydrogen) atoms. The van der Waals surface area contributed by atoms with E-state index in [0.717, 1.165) is 30.3 Å². The number of carbonyl (C=O) groups is 1. The van der Waals surface area contributed by atoms with Crippen molar-refractivity contribution in [1.29, 1.82) is 0 Å². The first-order valence-corrected chi connectivity index (χ1v) is 11.5. The molecule has 1 saturated carbocycles. The van der Waals surface area contributed by atoms with E-state index >= 15 is 0 Å². The van der Waals surface area contributed by atoms with Crippen LogP contribution in [0.4, 0.5) is 0 Å². The summed E-state index contributed by atoms with van der Waals surface area (Å²) in [5.74, 6) is 0.262. The average molecular weight is 501 g/mol. The Bertz CT molecular complexity index is 1400. The van der Waals surface area contributed by atoms with Crippen LogP contribution in [0.1, 0.15) is 49.1 Å². The van der Waals surface area contributed by atoms with Gasteiger partial charge in [0.05, 0.1) is 10.5 Å². The number of rotatable bonds is 4. The van der Waals surface area contributed by atoms with E-state index in [9.17, 15) is 9.59 Å². The maximum atomic E-state index is 13.6. The Kier molecular flexibility index (Phi) is 6.98. The molecule has 0 spiro atoms. The summed E-state index contributed by atoms with van der Waals surface area (Å²) in [7, 11) is 0. The number of aromatic nitrogens is 2. The molecule has 4 aromatic rings. The van der Waals surface area contributed by atoms with Crippen molar-refractivity contribution in [2.24, 2.45) is 5.73 Å². The van der Waals surface area contributed by atoms with Gasteiger partial charge in [-0.25, -0.2) is 0 Å². The molecule has 0 radical (unpaired) electrons. The summed E-state index contributed by atoms with van der Waals surface area (Å²) < 4.78 is 7.16. The lowest BCUT2D eigenvalue weighted by atomic mass is 9.89. The van der Waals surface area contributed by atoms with E-state index in [1.165, 1.54) is 0 Å². The third kappa shape index (κ3) is 4.19. The largest absolute Gasteiger partial charge is 0.360 e. The summed E-state index contributed by atoms with van der Waals surface area (Å²) in [6, 6.07) is 13.9. The summed E-state index contributed by atoms with van der Waals surface area (Å²) in [4.78, 5) is 26.4. The highest BCUT2D eigenvalue weighted by Gasteiger charge is 2.29. The summed E-state index contributed by atoms with van der Waals surface area (Å²) in [6.45, 7) is 1.73. The van der Waals surface area contributed by atoms with Gasteiger partial charge < -0.3 is 20.1 Å². The van der Waals surface area contributed by atoms with Gasteiger partial charge in [-0.05, 0) is 50.3 Å². The van der Waals surface area contributed by atoms with Gasteiger partial charge in [-0.2, -0.15) is 0 Å². The number of nitrogens with two attached hydrogens (primary N) is 1. The monoisotopic (exact) mass is 500 g/mol. The van der Waals surface area contributed by atoms with Gasteiger partial charge in [0.2, 0.25) is 5.91 Å². The molecule has 1 aliphatic rings. The Balaban J connectivity index is 0.00000274. The number of nitrogens with one attached hydrogen (secondary N) is 1. The number of halogens is 2. The molecule has 178 valence electrons. The predicted octanol–water partition coefficient (Wildman–Crippen LogP) is 4.83. The van der Waals surface area contributed by atoms with Crippen LogP contribution >= 0.6 is 24.0 Å². The quantitative estimate of drug-likeness (QED) is 0.417. The molecule has 0 unspecified atom stereocenters. The molecule has 1 fully saturated rings. The Morgan fingerprint density at radius 2 is 1.94 bits per heavy atom. The smallest absolute Gasteiger partial charge is 0.264 e. The number of amides is 1. The third-order valence-electron chi connectivity index (χ3n) is 6.58. The Hall–Kier alpha value is -2.87. The van der Waals surface area contributed by atoms with Crippen LogP contribution in [0, 0.1) is 6.92 Å². The van der Waals surface area contributed by atoms with Crippen molar-refractivity contribution in [2.75, 3.05) is 0 Å². The molecule has 1 amide bonds. The van der Waals surface area contributed by atoms with Crippen molar-refractivity contribution < 1.29 is 9.32 Å². The molecule has 2 heterocycles. The lowest BCUT2D eigenvalue weighted by Crippen LogP contribution is -2.44. The first kappa shape index (κ1) is 24.3. The molecule has 3 atom stereocenters. The van der Waals surface area contributed by atoms with Gasteiger partial charge in [0, 0.05) is 17.5 Å². The number of nitrogens with zero attached hydrogens (tertiary/aromatic N) is 2. The molecule has 2 aromatic carbocycles. The van der Waals surface area contributed by atoms with Crippen molar-refractivity contribution in [1.82, 2.24) is 15.0 Å². The number of hydrogen-bond acceptors (Lipinski definition) is 5. The molecule has 9 heteroatoms. The minimum atomic E-state index is -0.732. The van der Waals surface area contributed by atoms with Crippen molar-refractivity contribution >= 4 is 51.7 Å². The fraction of sp³-hybridized carbons (Fsp3) is 0.320. The number of carbonyl (C=O) groups excluding carboxylic acids is 1. The van der Waals surface area contributed by atoms with Crippen LogP contribution in [0.15, 0.2) is 57.8 Å². The second kappa shape index (κ2) is 9.78. The van der Waals surface area contributed by atoms with Crippen LogP contribution in [-0.4, -0.2) is 21.7 Å². The van der Waals surface area contributed by atoms with Gasteiger partial charge in [-0.15, -0.1) is 12.4 Å². The summed E-state index contributed by atoms with van der Waals surface area (Å²) in [5, 5.41) is 8.90. The standard InChI is InChI=1S/C25H25ClN4O3.ClH/c1-14-20-23(29-33-14)21-18(26)11-6-12-19(21)30(25(20)32)17-10-5-9-16(13-17)28-24(31)22(27)15-7-3-2-4-8-15;/h2-4,6-8,11-12,16-17,22H,5,9-10,13,27H2,1H3,(H,28,31);1H/t16-,17+,22-;/m1./s1. The Morgan fingerprint density at radius 3 is 2.71 bits per heavy atom. The maximum Gasteiger partial charge on any atom is 0.264 e. The zero-order valence-electron chi connectivity index (χ0n) is 18.7. The van der Waals surface area contributed by atoms with Gasteiger partial charge in [0.15, 0.2) is 0 Å². The normalized spacial score (nSPS) is 19.0. The van der Waals surface area contributed by atoms with Gasteiger partial charge in [-0.3, -0.25) is 9.59 Å². The zero-order valence-corrected chi connectivity index (χ0v) is 20.2. The molecule has 0 saturated heterocycles. The Morgan fingerprint density at radius 1 is 1.18 bits per heavy atom. The van der Waals surface area contributed by atoms with Crippen LogP contribution in [0.25, 0.3) is 21.8 Å². The molecule has 1 aliphatic carbocycles. The molecule has 3 N–H and O–H groups in total. The SMILES string of the molecule is Cc1onc2c1c(=O)n([C@H]1CCC[C@@H](NC(=O)[C@H](N)c3ccccc3)C1)c1cccc(Cl)c21.Cl. The van der Waals surface area contributed by atoms with Gasteiger partial charge in [-0.1, -0.05) is 53.2 Å². The van der Waals surface area contributed by atoms with E-state index in [-0.39, 0.29) is 36.0 Å². The fourth-order valence-electron chi connectivity index (χ4n) is 4.97. The molecule has 7 nitrogen and oxygen atoms in total. The Labute approximate surface area is 207 Å². The van der Waals surface area contributed by atoms with Gasteiger partial charge in [0.25, 0.3) is 5.56 Å². The molecule has 0 aliphatic heterocycles. The fourth-order valence-corrected chi connectivity index (χ4v) is 5.23. The highest BCUT2D eigenvalue weighted by atomic mass is 35.5. The van der Waals surface area contributed by atoms with Crippen molar-refractivity contribution in [3.8, 4) is 0 Å². The number of hydrogen-bond donors (Lipinski definition) is 2. The number of aryl methyl sites for hydroxylation is 1. The van der Waals surface area contributed by atoms with Gasteiger partial charge >= 0.3 is 0 Å². The molecule has 5 rings (SSSR count). The van der Waals surface area contributed by atoms with Crippen LogP contribution in [0.2, 0.25) is 5.02 Å². The van der Waals surface area contributed by atoms with E-state index in [1.54, 1.807) is 13.0 Å². The first-order chi connectivity index (χ1) is 16.0. The van der Waals surface area contributed by atoms with Crippen molar-refractivity contribution in [2.45, 2.75) is 50.7 Å². The minimum Gasteiger partial charge on any atom is -0.360 e. The molecular weight excluding hydrogens is 475 g/mol. The number of fused-ring (bicyclic) bond motifs is 3. The van der Waals surface area contributed by atoms with E-state index in [4.69, 9.17) is 21.9 Å². The zero-order chi connectivity index (χ0) is 23.1. The number of benzene rings is 2. The van der Waals surface area contributed by atoms with Crippen LogP contribution < -0.4 is 16.6 Å². The third-order valence-corrected chi connectivity index (χ3v) is 6.90. The summed E-state index contributed by atoms with van der Waals surface area (Å²) in [5.41, 5.74) is 8.03. The molecule has 0 bridgehead atoms. The lowest BCUT2D eigenvalue weighted by molar-refractivity contribution is -0.123. The highest BCUT2D eigenvalue weighted by Crippen LogP contribution is 2.35. The van der Waals surface area contributed by atoms with E-state index in [0.29, 0.717) is 33.5 Å². The van der Waals surface area contributed by atoms with Crippen LogP contribution in [0.5, 0.6) is 0 Å². The van der Waals surface area contributed by atoms with Crippen molar-refractivity contribution in [3.63, 3.8) is 0 Å². The molecular formula is C25H26Cl2N4O3. The van der Waals surface area contributed by atoms with E-state index in [2.05, 4.69) is 10.5 Å². The lowest BCUT2D eigenvalue weighted by Gasteiger charge is -2.32. The van der Waals surface area contributed by atoms with E-state index < -0.39 is 6.04 Å². The highest BCUT2D eigenvalue weighted by molar-refractivity contribution is 6.37. The second-order valence-corrected chi connectivity index (χ2v) is 9.09. The molecule has 2 aromatic heterocycles.